The van der Waals surface area contributed by atoms with Crippen molar-refractivity contribution in [2.75, 3.05) is 6.54 Å². The number of para-hydroxylation sites is 2. The monoisotopic (exact) mass is 399 g/mol. The number of nitrogens with zero attached hydrogens (tertiary/aromatic N) is 2. The van der Waals surface area contributed by atoms with Crippen molar-refractivity contribution in [2.45, 2.75) is 26.5 Å². The number of ether oxygens (including phenoxy) is 1. The highest BCUT2D eigenvalue weighted by atomic mass is 16.5. The van der Waals surface area contributed by atoms with Crippen molar-refractivity contribution in [3.05, 3.63) is 95.8 Å². The van der Waals surface area contributed by atoms with Crippen molar-refractivity contribution >= 4 is 16.9 Å². The zero-order chi connectivity index (χ0) is 20.8. The van der Waals surface area contributed by atoms with Crippen LogP contribution in [0, 0.1) is 6.92 Å². The molecule has 4 aromatic rings. The smallest absolute Gasteiger partial charge is 0.251 e. The van der Waals surface area contributed by atoms with E-state index in [4.69, 9.17) is 4.74 Å². The van der Waals surface area contributed by atoms with E-state index >= 15 is 0 Å². The summed E-state index contributed by atoms with van der Waals surface area (Å²) in [6.45, 7) is 3.90. The summed E-state index contributed by atoms with van der Waals surface area (Å²) in [4.78, 5) is 17.1. The highest BCUT2D eigenvalue weighted by molar-refractivity contribution is 5.94. The molecule has 1 aromatic heterocycles. The van der Waals surface area contributed by atoms with Crippen molar-refractivity contribution in [2.24, 2.45) is 0 Å². The lowest BCUT2D eigenvalue weighted by Gasteiger charge is -2.10. The molecule has 0 saturated carbocycles. The molecule has 5 heteroatoms. The fourth-order valence-corrected chi connectivity index (χ4v) is 3.49. The summed E-state index contributed by atoms with van der Waals surface area (Å²) in [7, 11) is 0. The minimum Gasteiger partial charge on any atom is -0.489 e. The second-order valence-corrected chi connectivity index (χ2v) is 7.21. The fraction of sp³-hybridized carbons (Fsp3) is 0.200. The summed E-state index contributed by atoms with van der Waals surface area (Å²) in [6, 6.07) is 25.4. The van der Waals surface area contributed by atoms with Crippen LogP contribution in [0.25, 0.3) is 11.0 Å². The van der Waals surface area contributed by atoms with E-state index < -0.39 is 0 Å². The summed E-state index contributed by atoms with van der Waals surface area (Å²) in [5.41, 5.74) is 3.83. The molecule has 0 aliphatic carbocycles. The number of hydrogen-bond acceptors (Lipinski definition) is 3. The molecular formula is C25H25N3O2. The molecule has 0 spiro atoms. The van der Waals surface area contributed by atoms with E-state index in [2.05, 4.69) is 20.9 Å². The van der Waals surface area contributed by atoms with Crippen LogP contribution in [0.15, 0.2) is 78.9 Å². The van der Waals surface area contributed by atoms with Crippen molar-refractivity contribution < 1.29 is 9.53 Å². The van der Waals surface area contributed by atoms with Crippen LogP contribution in [0.5, 0.6) is 5.75 Å². The van der Waals surface area contributed by atoms with E-state index in [0.29, 0.717) is 24.5 Å². The molecule has 5 nitrogen and oxygen atoms in total. The number of imidazole rings is 1. The molecule has 1 N–H and O–H groups in total. The number of rotatable bonds is 8. The van der Waals surface area contributed by atoms with Gasteiger partial charge in [-0.2, -0.15) is 0 Å². The molecule has 0 fully saturated rings. The standard InChI is InChI=1S/C25H25N3O2/c1-19-27-23-13-5-6-14-24(23)28(19)16-8-15-26-25(29)21-11-7-12-22(17-21)30-18-20-9-3-2-4-10-20/h2-7,9-14,17H,8,15-16,18H2,1H3,(H,26,29). The minimum absolute atomic E-state index is 0.0904. The van der Waals surface area contributed by atoms with Gasteiger partial charge in [0.15, 0.2) is 0 Å². The van der Waals surface area contributed by atoms with Crippen LogP contribution in [0.2, 0.25) is 0 Å². The Bertz CT molecular complexity index is 1140. The molecule has 0 radical (unpaired) electrons. The van der Waals surface area contributed by atoms with Crippen LogP contribution in [0.4, 0.5) is 0 Å². The first-order chi connectivity index (χ1) is 14.7. The van der Waals surface area contributed by atoms with E-state index in [0.717, 1.165) is 35.4 Å². The maximum Gasteiger partial charge on any atom is 0.251 e. The Balaban J connectivity index is 1.29. The molecule has 0 saturated heterocycles. The number of aryl methyl sites for hydroxylation is 2. The number of carbonyl (C=O) groups is 1. The highest BCUT2D eigenvalue weighted by Crippen LogP contribution is 2.17. The third-order valence-electron chi connectivity index (χ3n) is 5.03. The lowest BCUT2D eigenvalue weighted by Crippen LogP contribution is -2.25. The van der Waals surface area contributed by atoms with E-state index in [1.54, 1.807) is 12.1 Å². The van der Waals surface area contributed by atoms with Gasteiger partial charge in [0.05, 0.1) is 11.0 Å². The topological polar surface area (TPSA) is 56.2 Å². The number of carbonyl (C=O) groups excluding carboxylic acids is 1. The highest BCUT2D eigenvalue weighted by Gasteiger charge is 2.08. The van der Waals surface area contributed by atoms with Gasteiger partial charge in [0.25, 0.3) is 5.91 Å². The Morgan fingerprint density at radius 2 is 1.80 bits per heavy atom. The van der Waals surface area contributed by atoms with Crippen LogP contribution < -0.4 is 10.1 Å². The van der Waals surface area contributed by atoms with Gasteiger partial charge in [-0.25, -0.2) is 4.98 Å². The van der Waals surface area contributed by atoms with Crippen LogP contribution in [-0.4, -0.2) is 22.0 Å². The van der Waals surface area contributed by atoms with Gasteiger partial charge in [0.1, 0.15) is 18.2 Å². The van der Waals surface area contributed by atoms with Gasteiger partial charge in [-0.15, -0.1) is 0 Å². The van der Waals surface area contributed by atoms with Gasteiger partial charge in [-0.3, -0.25) is 4.79 Å². The molecule has 3 aromatic carbocycles. The fourth-order valence-electron chi connectivity index (χ4n) is 3.49. The summed E-state index contributed by atoms with van der Waals surface area (Å²) in [6.07, 6.45) is 0.830. The normalized spacial score (nSPS) is 10.8. The van der Waals surface area contributed by atoms with Crippen molar-refractivity contribution in [3.8, 4) is 5.75 Å². The SMILES string of the molecule is Cc1nc2ccccc2n1CCCNC(=O)c1cccc(OCc2ccccc2)c1. The maximum atomic E-state index is 12.5. The number of benzene rings is 3. The van der Waals surface area contributed by atoms with E-state index in [-0.39, 0.29) is 5.91 Å². The van der Waals surface area contributed by atoms with E-state index in [9.17, 15) is 4.79 Å². The Hall–Kier alpha value is -3.60. The average molecular weight is 399 g/mol. The molecule has 0 aliphatic heterocycles. The number of amides is 1. The molecule has 4 rings (SSSR count). The molecule has 0 atom stereocenters. The van der Waals surface area contributed by atoms with E-state index in [1.807, 2.05) is 67.6 Å². The maximum absolute atomic E-state index is 12.5. The van der Waals surface area contributed by atoms with E-state index in [1.165, 1.54) is 0 Å². The average Bonchev–Trinajstić information content (AvgIpc) is 3.11. The van der Waals surface area contributed by atoms with Crippen LogP contribution in [-0.2, 0) is 13.2 Å². The molecule has 0 unspecified atom stereocenters. The second-order valence-electron chi connectivity index (χ2n) is 7.21. The predicted molar refractivity (Wildman–Crippen MR) is 119 cm³/mol. The van der Waals surface area contributed by atoms with Gasteiger partial charge in [-0.1, -0.05) is 48.5 Å². The number of hydrogen-bond donors (Lipinski definition) is 1. The third kappa shape index (κ3) is 4.69. The Kier molecular flexibility index (Phi) is 6.09. The molecule has 0 bridgehead atoms. The second kappa shape index (κ2) is 9.27. The molecule has 0 aliphatic rings. The number of nitrogens with one attached hydrogen (secondary N) is 1. The van der Waals surface area contributed by atoms with Crippen molar-refractivity contribution in [1.82, 2.24) is 14.9 Å². The molecule has 1 heterocycles. The Morgan fingerprint density at radius 1 is 1.00 bits per heavy atom. The summed E-state index contributed by atoms with van der Waals surface area (Å²) < 4.78 is 8.02. The first-order valence-electron chi connectivity index (χ1n) is 10.2. The van der Waals surface area contributed by atoms with Crippen LogP contribution in [0.3, 0.4) is 0 Å². The van der Waals surface area contributed by atoms with Gasteiger partial charge in [0.2, 0.25) is 0 Å². The first kappa shape index (κ1) is 19.7. The van der Waals surface area contributed by atoms with Gasteiger partial charge in [-0.05, 0) is 49.2 Å². The largest absolute Gasteiger partial charge is 0.489 e. The van der Waals surface area contributed by atoms with Gasteiger partial charge >= 0.3 is 0 Å². The van der Waals surface area contributed by atoms with Gasteiger partial charge in [0, 0.05) is 18.7 Å². The first-order valence-corrected chi connectivity index (χ1v) is 10.2. The van der Waals surface area contributed by atoms with Crippen molar-refractivity contribution in [3.63, 3.8) is 0 Å². The zero-order valence-corrected chi connectivity index (χ0v) is 17.0. The third-order valence-corrected chi connectivity index (χ3v) is 5.03. The molecule has 30 heavy (non-hydrogen) atoms. The Labute approximate surface area is 176 Å². The summed E-state index contributed by atoms with van der Waals surface area (Å²) >= 11 is 0. The molecular weight excluding hydrogens is 374 g/mol. The minimum atomic E-state index is -0.0904. The number of fused-ring (bicyclic) bond motifs is 1. The quantitative estimate of drug-likeness (QED) is 0.435. The van der Waals surface area contributed by atoms with Crippen molar-refractivity contribution in [1.29, 1.82) is 0 Å². The predicted octanol–water partition coefficient (Wildman–Crippen LogP) is 4.74. The van der Waals surface area contributed by atoms with Crippen LogP contribution in [0.1, 0.15) is 28.2 Å². The molecule has 152 valence electrons. The van der Waals surface area contributed by atoms with Crippen LogP contribution >= 0.6 is 0 Å². The lowest BCUT2D eigenvalue weighted by molar-refractivity contribution is 0.0952. The Morgan fingerprint density at radius 3 is 2.67 bits per heavy atom. The summed E-state index contributed by atoms with van der Waals surface area (Å²) in [5.74, 6) is 1.59. The summed E-state index contributed by atoms with van der Waals surface area (Å²) in [5, 5.41) is 3.00. The lowest BCUT2D eigenvalue weighted by atomic mass is 10.2. The zero-order valence-electron chi connectivity index (χ0n) is 17.0. The molecule has 1 amide bonds. The number of aromatic nitrogens is 2. The van der Waals surface area contributed by atoms with Gasteiger partial charge < -0.3 is 14.6 Å².